The number of hydrogen-bond acceptors (Lipinski definition) is 5. The summed E-state index contributed by atoms with van der Waals surface area (Å²) in [6, 6.07) is 14.4. The van der Waals surface area contributed by atoms with E-state index in [0.29, 0.717) is 5.92 Å². The first-order valence-electron chi connectivity index (χ1n) is 9.66. The summed E-state index contributed by atoms with van der Waals surface area (Å²) in [6.07, 6.45) is 6.75. The average Bonchev–Trinajstić information content (AvgIpc) is 3.35. The van der Waals surface area contributed by atoms with Gasteiger partial charge in [0.2, 0.25) is 0 Å². The highest BCUT2D eigenvalue weighted by atomic mass is 15.3. The molecule has 0 aliphatic carbocycles. The van der Waals surface area contributed by atoms with Crippen molar-refractivity contribution >= 4 is 5.65 Å². The molecular formula is C22H22N6. The first kappa shape index (κ1) is 17.0. The Kier molecular flexibility index (Phi) is 4.33. The summed E-state index contributed by atoms with van der Waals surface area (Å²) < 4.78 is 1.90. The predicted molar refractivity (Wildman–Crippen MR) is 108 cm³/mol. The minimum atomic E-state index is 0.370. The maximum absolute atomic E-state index is 4.78. The van der Waals surface area contributed by atoms with Gasteiger partial charge in [-0.3, -0.25) is 14.9 Å². The van der Waals surface area contributed by atoms with Gasteiger partial charge in [0.15, 0.2) is 11.5 Å². The summed E-state index contributed by atoms with van der Waals surface area (Å²) in [5, 5.41) is 4.78. The number of hydrogen-bond donors (Lipinski definition) is 0. The Hall–Kier alpha value is -3.12. The number of pyridine rings is 3. The van der Waals surface area contributed by atoms with E-state index in [4.69, 9.17) is 10.1 Å². The third-order valence-electron chi connectivity index (χ3n) is 5.33. The lowest BCUT2D eigenvalue weighted by molar-refractivity contribution is 0.321. The molecule has 5 rings (SSSR count). The van der Waals surface area contributed by atoms with Crippen LogP contribution < -0.4 is 0 Å². The first-order valence-corrected chi connectivity index (χ1v) is 9.66. The number of aryl methyl sites for hydroxylation is 1. The standard InChI is InChI=1S/C22H22N6/c1-16-3-2-4-20(24-16)15-27-12-9-19(13-27)22-25-21-6-5-18(14-28(21)26-22)17-7-10-23-11-8-17/h2-8,10-11,14,19H,9,12-13,15H2,1H3. The fourth-order valence-electron chi connectivity index (χ4n) is 3.89. The van der Waals surface area contributed by atoms with Crippen LogP contribution in [0.3, 0.4) is 0 Å². The molecule has 1 saturated heterocycles. The van der Waals surface area contributed by atoms with Crippen molar-refractivity contribution in [2.24, 2.45) is 0 Å². The number of aromatic nitrogens is 5. The van der Waals surface area contributed by atoms with Crippen molar-refractivity contribution in [3.8, 4) is 11.1 Å². The fraction of sp³-hybridized carbons (Fsp3) is 0.273. The van der Waals surface area contributed by atoms with Crippen LogP contribution in [0.4, 0.5) is 0 Å². The Bertz CT molecular complexity index is 1100. The maximum atomic E-state index is 4.78. The smallest absolute Gasteiger partial charge is 0.156 e. The van der Waals surface area contributed by atoms with Crippen LogP contribution in [-0.4, -0.2) is 42.6 Å². The van der Waals surface area contributed by atoms with Crippen molar-refractivity contribution in [2.75, 3.05) is 13.1 Å². The molecule has 4 aromatic heterocycles. The molecule has 1 aliphatic heterocycles. The zero-order chi connectivity index (χ0) is 18.9. The molecule has 140 valence electrons. The summed E-state index contributed by atoms with van der Waals surface area (Å²) in [7, 11) is 0. The third kappa shape index (κ3) is 3.39. The first-order chi connectivity index (χ1) is 13.7. The molecule has 1 fully saturated rings. The van der Waals surface area contributed by atoms with E-state index >= 15 is 0 Å². The van der Waals surface area contributed by atoms with Gasteiger partial charge in [-0.25, -0.2) is 9.50 Å². The quantitative estimate of drug-likeness (QED) is 0.550. The Morgan fingerprint density at radius 2 is 1.89 bits per heavy atom. The van der Waals surface area contributed by atoms with E-state index in [1.54, 1.807) is 0 Å². The van der Waals surface area contributed by atoms with E-state index in [1.807, 2.05) is 54.3 Å². The van der Waals surface area contributed by atoms with Gasteiger partial charge in [0.05, 0.1) is 5.69 Å². The van der Waals surface area contributed by atoms with Gasteiger partial charge in [0.1, 0.15) is 0 Å². The van der Waals surface area contributed by atoms with Gasteiger partial charge in [0, 0.05) is 48.9 Å². The molecule has 0 aromatic carbocycles. The molecule has 4 aromatic rings. The van der Waals surface area contributed by atoms with Crippen LogP contribution in [0.25, 0.3) is 16.8 Å². The van der Waals surface area contributed by atoms with E-state index in [2.05, 4.69) is 33.1 Å². The Balaban J connectivity index is 1.34. The zero-order valence-electron chi connectivity index (χ0n) is 15.9. The van der Waals surface area contributed by atoms with Crippen LogP contribution in [-0.2, 0) is 6.54 Å². The molecule has 6 nitrogen and oxygen atoms in total. The number of nitrogens with zero attached hydrogens (tertiary/aromatic N) is 6. The van der Waals surface area contributed by atoms with Crippen LogP contribution in [0, 0.1) is 6.92 Å². The molecule has 0 amide bonds. The third-order valence-corrected chi connectivity index (χ3v) is 5.33. The zero-order valence-corrected chi connectivity index (χ0v) is 15.9. The van der Waals surface area contributed by atoms with E-state index in [9.17, 15) is 0 Å². The minimum Gasteiger partial charge on any atom is -0.297 e. The largest absolute Gasteiger partial charge is 0.297 e. The Labute approximate surface area is 163 Å². The number of likely N-dealkylation sites (tertiary alicyclic amines) is 1. The Morgan fingerprint density at radius 3 is 2.75 bits per heavy atom. The molecular weight excluding hydrogens is 348 g/mol. The van der Waals surface area contributed by atoms with Crippen LogP contribution in [0.5, 0.6) is 0 Å². The molecule has 0 N–H and O–H groups in total. The average molecular weight is 370 g/mol. The van der Waals surface area contributed by atoms with Crippen molar-refractivity contribution in [1.82, 2.24) is 29.5 Å². The minimum absolute atomic E-state index is 0.370. The fourth-order valence-corrected chi connectivity index (χ4v) is 3.89. The maximum Gasteiger partial charge on any atom is 0.156 e. The van der Waals surface area contributed by atoms with Crippen LogP contribution in [0.15, 0.2) is 61.1 Å². The highest BCUT2D eigenvalue weighted by Crippen LogP contribution is 2.27. The summed E-state index contributed by atoms with van der Waals surface area (Å²) >= 11 is 0. The van der Waals surface area contributed by atoms with E-state index in [-0.39, 0.29) is 0 Å². The molecule has 0 radical (unpaired) electrons. The predicted octanol–water partition coefficient (Wildman–Crippen LogP) is 3.48. The molecule has 0 saturated carbocycles. The summed E-state index contributed by atoms with van der Waals surface area (Å²) in [6.45, 7) is 4.96. The van der Waals surface area contributed by atoms with Gasteiger partial charge in [-0.2, -0.15) is 5.10 Å². The molecule has 5 heterocycles. The molecule has 28 heavy (non-hydrogen) atoms. The highest BCUT2D eigenvalue weighted by molar-refractivity contribution is 5.63. The number of rotatable bonds is 4. The van der Waals surface area contributed by atoms with Crippen LogP contribution >= 0.6 is 0 Å². The summed E-state index contributed by atoms with van der Waals surface area (Å²) in [5.74, 6) is 1.31. The van der Waals surface area contributed by atoms with Gasteiger partial charge < -0.3 is 0 Å². The second-order valence-corrected chi connectivity index (χ2v) is 7.42. The SMILES string of the molecule is Cc1cccc(CN2CCC(c3nc4ccc(-c5ccncc5)cn4n3)C2)n1. The lowest BCUT2D eigenvalue weighted by atomic mass is 10.1. The van der Waals surface area contributed by atoms with Gasteiger partial charge in [-0.15, -0.1) is 0 Å². The lowest BCUT2D eigenvalue weighted by Crippen LogP contribution is -2.20. The van der Waals surface area contributed by atoms with Crippen molar-refractivity contribution in [3.05, 3.63) is 78.3 Å². The van der Waals surface area contributed by atoms with Crippen molar-refractivity contribution in [1.29, 1.82) is 0 Å². The molecule has 1 aliphatic rings. The molecule has 0 spiro atoms. The molecule has 1 unspecified atom stereocenters. The monoisotopic (exact) mass is 370 g/mol. The topological polar surface area (TPSA) is 59.2 Å². The van der Waals surface area contributed by atoms with Crippen molar-refractivity contribution in [2.45, 2.75) is 25.8 Å². The second-order valence-electron chi connectivity index (χ2n) is 7.42. The molecule has 1 atom stereocenters. The van der Waals surface area contributed by atoms with Crippen LogP contribution in [0.1, 0.15) is 29.6 Å². The van der Waals surface area contributed by atoms with Crippen molar-refractivity contribution < 1.29 is 0 Å². The van der Waals surface area contributed by atoms with Crippen LogP contribution in [0.2, 0.25) is 0 Å². The van der Waals surface area contributed by atoms with Gasteiger partial charge in [-0.1, -0.05) is 6.07 Å². The van der Waals surface area contributed by atoms with E-state index < -0.39 is 0 Å². The summed E-state index contributed by atoms with van der Waals surface area (Å²) in [5.41, 5.74) is 5.34. The normalized spacial score (nSPS) is 17.4. The van der Waals surface area contributed by atoms with E-state index in [1.165, 1.54) is 0 Å². The highest BCUT2D eigenvalue weighted by Gasteiger charge is 2.27. The van der Waals surface area contributed by atoms with Gasteiger partial charge in [0.25, 0.3) is 0 Å². The number of fused-ring (bicyclic) bond motifs is 1. The van der Waals surface area contributed by atoms with E-state index in [0.717, 1.165) is 60.0 Å². The lowest BCUT2D eigenvalue weighted by Gasteiger charge is -2.14. The van der Waals surface area contributed by atoms with Gasteiger partial charge >= 0.3 is 0 Å². The second kappa shape index (κ2) is 7.13. The molecule has 0 bridgehead atoms. The molecule has 6 heteroatoms. The van der Waals surface area contributed by atoms with Gasteiger partial charge in [-0.05, 0) is 61.9 Å². The Morgan fingerprint density at radius 1 is 1.00 bits per heavy atom. The van der Waals surface area contributed by atoms with Crippen molar-refractivity contribution in [3.63, 3.8) is 0 Å². The summed E-state index contributed by atoms with van der Waals surface area (Å²) in [4.78, 5) is 15.9.